The van der Waals surface area contributed by atoms with E-state index in [4.69, 9.17) is 4.74 Å². The van der Waals surface area contributed by atoms with E-state index in [0.717, 1.165) is 21.3 Å². The van der Waals surface area contributed by atoms with Crippen molar-refractivity contribution in [3.63, 3.8) is 0 Å². The van der Waals surface area contributed by atoms with Crippen molar-refractivity contribution in [3.8, 4) is 16.9 Å². The third-order valence-electron chi connectivity index (χ3n) is 2.33. The second-order valence-corrected chi connectivity index (χ2v) is 4.18. The topological polar surface area (TPSA) is 9.23 Å². The van der Waals surface area contributed by atoms with Crippen molar-refractivity contribution in [3.05, 3.63) is 52.8 Å². The minimum Gasteiger partial charge on any atom is -0.496 e. The highest BCUT2D eigenvalue weighted by atomic mass is 79.9. The average molecular weight is 281 g/mol. The molecule has 0 bridgehead atoms. The maximum atomic E-state index is 12.8. The summed E-state index contributed by atoms with van der Waals surface area (Å²) in [7, 11) is 1.62. The van der Waals surface area contributed by atoms with Crippen LogP contribution in [-0.2, 0) is 0 Å². The molecule has 1 nitrogen and oxygen atoms in total. The predicted octanol–water partition coefficient (Wildman–Crippen LogP) is 4.26. The maximum Gasteiger partial charge on any atom is 0.127 e. The van der Waals surface area contributed by atoms with Crippen LogP contribution in [0.25, 0.3) is 11.1 Å². The molecule has 0 N–H and O–H groups in total. The Kier molecular flexibility index (Phi) is 3.25. The number of methoxy groups -OCH3 is 1. The highest BCUT2D eigenvalue weighted by Crippen LogP contribution is 2.36. The van der Waals surface area contributed by atoms with Crippen LogP contribution in [0.15, 0.2) is 46.9 Å². The van der Waals surface area contributed by atoms with Gasteiger partial charge in [-0.15, -0.1) is 0 Å². The lowest BCUT2D eigenvalue weighted by atomic mass is 10.0. The molecule has 0 saturated heterocycles. The summed E-state index contributed by atoms with van der Waals surface area (Å²) in [4.78, 5) is 0. The molecule has 0 fully saturated rings. The number of hydrogen-bond acceptors (Lipinski definition) is 1. The second-order valence-electron chi connectivity index (χ2n) is 3.32. The number of ether oxygens (including phenoxy) is 1. The minimum absolute atomic E-state index is 0.241. The Bertz CT molecular complexity index is 494. The largest absolute Gasteiger partial charge is 0.496 e. The van der Waals surface area contributed by atoms with Gasteiger partial charge >= 0.3 is 0 Å². The third kappa shape index (κ3) is 2.09. The molecule has 2 aromatic rings. The quantitative estimate of drug-likeness (QED) is 0.799. The zero-order chi connectivity index (χ0) is 11.5. The van der Waals surface area contributed by atoms with Crippen molar-refractivity contribution in [2.24, 2.45) is 0 Å². The van der Waals surface area contributed by atoms with Gasteiger partial charge in [-0.05, 0) is 29.8 Å². The fourth-order valence-electron chi connectivity index (χ4n) is 1.57. The Balaban J connectivity index is 2.58. The van der Waals surface area contributed by atoms with Crippen LogP contribution in [0, 0.1) is 5.82 Å². The smallest absolute Gasteiger partial charge is 0.127 e. The average Bonchev–Trinajstić information content (AvgIpc) is 2.30. The summed E-state index contributed by atoms with van der Waals surface area (Å²) in [5.41, 5.74) is 1.86. The van der Waals surface area contributed by atoms with Crippen LogP contribution < -0.4 is 4.74 Å². The van der Waals surface area contributed by atoms with E-state index < -0.39 is 0 Å². The van der Waals surface area contributed by atoms with Gasteiger partial charge in [0.05, 0.1) is 7.11 Å². The van der Waals surface area contributed by atoms with E-state index in [1.54, 1.807) is 19.2 Å². The van der Waals surface area contributed by atoms with E-state index in [2.05, 4.69) is 15.9 Å². The molecule has 16 heavy (non-hydrogen) atoms. The molecule has 0 aromatic heterocycles. The lowest BCUT2D eigenvalue weighted by Gasteiger charge is -2.10. The number of halogens is 2. The molecular weight excluding hydrogens is 271 g/mol. The SMILES string of the molecule is COc1cccc(Br)c1-c1ccc(F)cc1. The standard InChI is InChI=1S/C13H10BrFO/c1-16-12-4-2-3-11(14)13(12)9-5-7-10(15)8-6-9/h2-8H,1H3. The number of benzene rings is 2. The van der Waals surface area contributed by atoms with Crippen molar-refractivity contribution >= 4 is 15.9 Å². The summed E-state index contributed by atoms with van der Waals surface area (Å²) in [6, 6.07) is 12.1. The summed E-state index contributed by atoms with van der Waals surface area (Å²) in [5, 5.41) is 0. The molecular formula is C13H10BrFO. The molecule has 0 saturated carbocycles. The molecule has 0 aliphatic carbocycles. The Labute approximate surface area is 102 Å². The van der Waals surface area contributed by atoms with Gasteiger partial charge in [0.25, 0.3) is 0 Å². The Hall–Kier alpha value is -1.35. The van der Waals surface area contributed by atoms with E-state index in [9.17, 15) is 4.39 Å². The van der Waals surface area contributed by atoms with Crippen LogP contribution in [0.5, 0.6) is 5.75 Å². The van der Waals surface area contributed by atoms with Gasteiger partial charge in [-0.25, -0.2) is 4.39 Å². The summed E-state index contributed by atoms with van der Waals surface area (Å²) < 4.78 is 19.1. The van der Waals surface area contributed by atoms with Gasteiger partial charge < -0.3 is 4.74 Å². The second kappa shape index (κ2) is 4.66. The van der Waals surface area contributed by atoms with Gasteiger partial charge in [0.1, 0.15) is 11.6 Å². The van der Waals surface area contributed by atoms with Gasteiger partial charge in [0, 0.05) is 10.0 Å². The molecule has 0 unspecified atom stereocenters. The van der Waals surface area contributed by atoms with Crippen LogP contribution in [-0.4, -0.2) is 7.11 Å². The summed E-state index contributed by atoms with van der Waals surface area (Å²) in [6.07, 6.45) is 0. The molecule has 0 amide bonds. The molecule has 2 aromatic carbocycles. The van der Waals surface area contributed by atoms with E-state index in [-0.39, 0.29) is 5.82 Å². The summed E-state index contributed by atoms with van der Waals surface area (Å²) in [5.74, 6) is 0.524. The predicted molar refractivity (Wildman–Crippen MR) is 66.1 cm³/mol. The van der Waals surface area contributed by atoms with Crippen molar-refractivity contribution < 1.29 is 9.13 Å². The lowest BCUT2D eigenvalue weighted by Crippen LogP contribution is -1.89. The highest BCUT2D eigenvalue weighted by Gasteiger charge is 2.09. The third-order valence-corrected chi connectivity index (χ3v) is 2.99. The van der Waals surface area contributed by atoms with Gasteiger partial charge in [-0.1, -0.05) is 34.1 Å². The van der Waals surface area contributed by atoms with Crippen molar-refractivity contribution in [2.75, 3.05) is 7.11 Å². The van der Waals surface area contributed by atoms with E-state index in [1.807, 2.05) is 18.2 Å². The maximum absolute atomic E-state index is 12.8. The fourth-order valence-corrected chi connectivity index (χ4v) is 2.15. The zero-order valence-electron chi connectivity index (χ0n) is 8.71. The van der Waals surface area contributed by atoms with Crippen LogP contribution in [0.1, 0.15) is 0 Å². The van der Waals surface area contributed by atoms with Gasteiger partial charge in [0.2, 0.25) is 0 Å². The van der Waals surface area contributed by atoms with Gasteiger partial charge in [0.15, 0.2) is 0 Å². The first-order valence-corrected chi connectivity index (χ1v) is 5.60. The molecule has 0 spiro atoms. The van der Waals surface area contributed by atoms with Crippen LogP contribution in [0.4, 0.5) is 4.39 Å². The van der Waals surface area contributed by atoms with Crippen molar-refractivity contribution in [1.29, 1.82) is 0 Å². The molecule has 0 heterocycles. The summed E-state index contributed by atoms with van der Waals surface area (Å²) >= 11 is 3.47. The lowest BCUT2D eigenvalue weighted by molar-refractivity contribution is 0.416. The zero-order valence-corrected chi connectivity index (χ0v) is 10.3. The van der Waals surface area contributed by atoms with Crippen LogP contribution in [0.3, 0.4) is 0 Å². The first-order valence-electron chi connectivity index (χ1n) is 4.81. The van der Waals surface area contributed by atoms with Gasteiger partial charge in [-0.3, -0.25) is 0 Å². The monoisotopic (exact) mass is 280 g/mol. The van der Waals surface area contributed by atoms with Crippen LogP contribution >= 0.6 is 15.9 Å². The minimum atomic E-state index is -0.241. The van der Waals surface area contributed by atoms with E-state index >= 15 is 0 Å². The molecule has 82 valence electrons. The fraction of sp³-hybridized carbons (Fsp3) is 0.0769. The van der Waals surface area contributed by atoms with Crippen molar-refractivity contribution in [2.45, 2.75) is 0 Å². The Morgan fingerprint density at radius 3 is 2.38 bits per heavy atom. The molecule has 0 aliphatic heterocycles. The Morgan fingerprint density at radius 2 is 1.75 bits per heavy atom. The van der Waals surface area contributed by atoms with E-state index in [0.29, 0.717) is 0 Å². The summed E-state index contributed by atoms with van der Waals surface area (Å²) in [6.45, 7) is 0. The first kappa shape index (κ1) is 11.1. The first-order chi connectivity index (χ1) is 7.72. The normalized spacial score (nSPS) is 10.2. The molecule has 3 heteroatoms. The number of hydrogen-bond donors (Lipinski definition) is 0. The van der Waals surface area contributed by atoms with E-state index in [1.165, 1.54) is 12.1 Å². The number of rotatable bonds is 2. The highest BCUT2D eigenvalue weighted by molar-refractivity contribution is 9.10. The molecule has 0 atom stereocenters. The molecule has 0 radical (unpaired) electrons. The van der Waals surface area contributed by atoms with Crippen molar-refractivity contribution in [1.82, 2.24) is 0 Å². The molecule has 2 rings (SSSR count). The van der Waals surface area contributed by atoms with Gasteiger partial charge in [-0.2, -0.15) is 0 Å². The molecule has 0 aliphatic rings. The van der Waals surface area contributed by atoms with Crippen LogP contribution in [0.2, 0.25) is 0 Å². The Morgan fingerprint density at radius 1 is 1.06 bits per heavy atom.